The van der Waals surface area contributed by atoms with E-state index in [-0.39, 0.29) is 0 Å². The third-order valence-electron chi connectivity index (χ3n) is 3.94. The molecule has 0 saturated heterocycles. The van der Waals surface area contributed by atoms with Gasteiger partial charge < -0.3 is 4.74 Å². The van der Waals surface area contributed by atoms with Crippen molar-refractivity contribution in [1.82, 2.24) is 4.72 Å². The van der Waals surface area contributed by atoms with Crippen molar-refractivity contribution in [2.24, 2.45) is 5.92 Å². The lowest BCUT2D eigenvalue weighted by molar-refractivity contribution is 0.339. The third-order valence-corrected chi connectivity index (χ3v) is 5.42. The van der Waals surface area contributed by atoms with Gasteiger partial charge in [0.05, 0.1) is 12.0 Å². The van der Waals surface area contributed by atoms with Crippen molar-refractivity contribution in [2.45, 2.75) is 43.4 Å². The van der Waals surface area contributed by atoms with Crippen molar-refractivity contribution >= 4 is 10.0 Å². The summed E-state index contributed by atoms with van der Waals surface area (Å²) in [6, 6.07) is 6.47. The van der Waals surface area contributed by atoms with Crippen molar-refractivity contribution in [3.05, 3.63) is 24.3 Å². The first-order valence-electron chi connectivity index (χ1n) is 7.25. The topological polar surface area (TPSA) is 55.4 Å². The second-order valence-electron chi connectivity index (χ2n) is 5.37. The fraction of sp³-hybridized carbons (Fsp3) is 0.600. The third kappa shape index (κ3) is 4.21. The maximum atomic E-state index is 12.1. The Bertz CT molecular complexity index is 504. The van der Waals surface area contributed by atoms with E-state index in [4.69, 9.17) is 4.74 Å². The van der Waals surface area contributed by atoms with Gasteiger partial charge in [0, 0.05) is 6.54 Å². The summed E-state index contributed by atoms with van der Waals surface area (Å²) in [5.41, 5.74) is 0. The SMILES string of the molecule is COc1ccc(S(=O)(=O)NCCC2CCCCC2)cc1. The highest BCUT2D eigenvalue weighted by atomic mass is 32.2. The van der Waals surface area contributed by atoms with Crippen LogP contribution in [-0.2, 0) is 10.0 Å². The molecule has 1 fully saturated rings. The smallest absolute Gasteiger partial charge is 0.240 e. The highest BCUT2D eigenvalue weighted by Gasteiger charge is 2.16. The van der Waals surface area contributed by atoms with Crippen LogP contribution in [0, 0.1) is 5.92 Å². The molecule has 0 spiro atoms. The largest absolute Gasteiger partial charge is 0.497 e. The first-order valence-corrected chi connectivity index (χ1v) is 8.74. The van der Waals surface area contributed by atoms with Crippen molar-refractivity contribution in [3.8, 4) is 5.75 Å². The Kier molecular flexibility index (Phi) is 5.43. The van der Waals surface area contributed by atoms with Gasteiger partial charge in [0.25, 0.3) is 0 Å². The van der Waals surface area contributed by atoms with E-state index in [1.54, 1.807) is 31.4 Å². The maximum Gasteiger partial charge on any atom is 0.240 e. The number of methoxy groups -OCH3 is 1. The van der Waals surface area contributed by atoms with Crippen LogP contribution in [0.25, 0.3) is 0 Å². The molecule has 1 saturated carbocycles. The first-order chi connectivity index (χ1) is 9.62. The van der Waals surface area contributed by atoms with Crippen LogP contribution in [0.5, 0.6) is 5.75 Å². The lowest BCUT2D eigenvalue weighted by Gasteiger charge is -2.21. The second kappa shape index (κ2) is 7.09. The van der Waals surface area contributed by atoms with Crippen LogP contribution in [0.4, 0.5) is 0 Å². The molecule has 1 aliphatic carbocycles. The van der Waals surface area contributed by atoms with Gasteiger partial charge in [-0.1, -0.05) is 32.1 Å². The highest BCUT2D eigenvalue weighted by molar-refractivity contribution is 7.89. The van der Waals surface area contributed by atoms with Gasteiger partial charge in [-0.2, -0.15) is 0 Å². The molecule has 1 aliphatic rings. The summed E-state index contributed by atoms with van der Waals surface area (Å²) in [6.07, 6.45) is 7.32. The Hall–Kier alpha value is -1.07. The zero-order valence-corrected chi connectivity index (χ0v) is 12.8. The van der Waals surface area contributed by atoms with Gasteiger partial charge in [-0.3, -0.25) is 0 Å². The molecule has 1 N–H and O–H groups in total. The quantitative estimate of drug-likeness (QED) is 0.878. The van der Waals surface area contributed by atoms with E-state index in [2.05, 4.69) is 4.72 Å². The number of rotatable bonds is 6. The van der Waals surface area contributed by atoms with E-state index in [1.807, 2.05) is 0 Å². The molecule has 0 aliphatic heterocycles. The summed E-state index contributed by atoms with van der Waals surface area (Å²) in [7, 11) is -1.83. The van der Waals surface area contributed by atoms with E-state index in [1.165, 1.54) is 32.1 Å². The first kappa shape index (κ1) is 15.3. The van der Waals surface area contributed by atoms with Gasteiger partial charge in [-0.15, -0.1) is 0 Å². The summed E-state index contributed by atoms with van der Waals surface area (Å²) < 4.78 is 32.0. The van der Waals surface area contributed by atoms with Crippen LogP contribution in [0.2, 0.25) is 0 Å². The maximum absolute atomic E-state index is 12.1. The normalized spacial score (nSPS) is 17.1. The van der Waals surface area contributed by atoms with Gasteiger partial charge in [0.15, 0.2) is 0 Å². The molecule has 2 rings (SSSR count). The molecule has 0 bridgehead atoms. The lowest BCUT2D eigenvalue weighted by atomic mass is 9.87. The van der Waals surface area contributed by atoms with Gasteiger partial charge in [-0.25, -0.2) is 13.1 Å². The van der Waals surface area contributed by atoms with Crippen molar-refractivity contribution < 1.29 is 13.2 Å². The van der Waals surface area contributed by atoms with Crippen LogP contribution in [0.3, 0.4) is 0 Å². The van der Waals surface area contributed by atoms with Crippen LogP contribution in [0.15, 0.2) is 29.2 Å². The summed E-state index contributed by atoms with van der Waals surface area (Å²) in [6.45, 7) is 0.527. The Labute approximate surface area is 121 Å². The van der Waals surface area contributed by atoms with Gasteiger partial charge in [0.2, 0.25) is 10.0 Å². The molecule has 0 heterocycles. The predicted octanol–water partition coefficient (Wildman–Crippen LogP) is 2.94. The minimum atomic E-state index is -3.39. The molecular weight excluding hydrogens is 274 g/mol. The average Bonchev–Trinajstić information content (AvgIpc) is 2.48. The van der Waals surface area contributed by atoms with Crippen LogP contribution in [0.1, 0.15) is 38.5 Å². The summed E-state index contributed by atoms with van der Waals surface area (Å²) >= 11 is 0. The van der Waals surface area contributed by atoms with Crippen molar-refractivity contribution in [1.29, 1.82) is 0 Å². The molecular formula is C15H23NO3S. The van der Waals surface area contributed by atoms with Crippen LogP contribution >= 0.6 is 0 Å². The Balaban J connectivity index is 1.86. The second-order valence-corrected chi connectivity index (χ2v) is 7.13. The van der Waals surface area contributed by atoms with E-state index in [0.29, 0.717) is 23.1 Å². The Morgan fingerprint density at radius 2 is 1.80 bits per heavy atom. The molecule has 0 aromatic heterocycles. The Morgan fingerprint density at radius 3 is 2.40 bits per heavy atom. The van der Waals surface area contributed by atoms with Crippen molar-refractivity contribution in [3.63, 3.8) is 0 Å². The van der Waals surface area contributed by atoms with Crippen LogP contribution in [-0.4, -0.2) is 22.1 Å². The number of nitrogens with one attached hydrogen (secondary N) is 1. The molecule has 20 heavy (non-hydrogen) atoms. The fourth-order valence-electron chi connectivity index (χ4n) is 2.71. The number of ether oxygens (including phenoxy) is 1. The monoisotopic (exact) mass is 297 g/mol. The minimum Gasteiger partial charge on any atom is -0.497 e. The summed E-state index contributed by atoms with van der Waals surface area (Å²) in [5.74, 6) is 1.34. The van der Waals surface area contributed by atoms with E-state index in [9.17, 15) is 8.42 Å². The zero-order chi connectivity index (χ0) is 14.4. The molecule has 0 unspecified atom stereocenters. The van der Waals surface area contributed by atoms with E-state index >= 15 is 0 Å². The molecule has 0 atom stereocenters. The van der Waals surface area contributed by atoms with E-state index < -0.39 is 10.0 Å². The van der Waals surface area contributed by atoms with Crippen LogP contribution < -0.4 is 9.46 Å². The standard InChI is InChI=1S/C15H23NO3S/c1-19-14-7-9-15(10-8-14)20(17,18)16-12-11-13-5-3-2-4-6-13/h7-10,13,16H,2-6,11-12H2,1H3. The van der Waals surface area contributed by atoms with Gasteiger partial charge >= 0.3 is 0 Å². The lowest BCUT2D eigenvalue weighted by Crippen LogP contribution is -2.26. The zero-order valence-electron chi connectivity index (χ0n) is 12.0. The number of hydrogen-bond donors (Lipinski definition) is 1. The number of hydrogen-bond acceptors (Lipinski definition) is 3. The summed E-state index contributed by atoms with van der Waals surface area (Å²) in [5, 5.41) is 0. The molecule has 1 aromatic carbocycles. The summed E-state index contributed by atoms with van der Waals surface area (Å²) in [4.78, 5) is 0.293. The highest BCUT2D eigenvalue weighted by Crippen LogP contribution is 2.26. The molecule has 1 aromatic rings. The van der Waals surface area contributed by atoms with E-state index in [0.717, 1.165) is 6.42 Å². The molecule has 5 heteroatoms. The number of benzene rings is 1. The van der Waals surface area contributed by atoms with Gasteiger partial charge in [-0.05, 0) is 36.6 Å². The van der Waals surface area contributed by atoms with Crippen molar-refractivity contribution in [2.75, 3.05) is 13.7 Å². The fourth-order valence-corrected chi connectivity index (χ4v) is 3.76. The predicted molar refractivity (Wildman–Crippen MR) is 79.4 cm³/mol. The minimum absolute atomic E-state index is 0.293. The molecule has 4 nitrogen and oxygen atoms in total. The number of sulfonamides is 1. The average molecular weight is 297 g/mol. The molecule has 112 valence electrons. The molecule has 0 radical (unpaired) electrons. The molecule has 0 amide bonds. The van der Waals surface area contributed by atoms with Gasteiger partial charge in [0.1, 0.15) is 5.75 Å². The Morgan fingerprint density at radius 1 is 1.15 bits per heavy atom.